The molecule has 0 radical (unpaired) electrons. The summed E-state index contributed by atoms with van der Waals surface area (Å²) >= 11 is 0. The topological polar surface area (TPSA) is 139 Å². The number of urea groups is 1. The van der Waals surface area contributed by atoms with E-state index in [0.29, 0.717) is 38.5 Å². The molecule has 48 heavy (non-hydrogen) atoms. The first-order valence-electron chi connectivity index (χ1n) is 15.4. The number of imide groups is 2. The number of amides is 5. The SMILES string of the molecule is CC(C)(C)OC(=O)N1CC(CN2CCOC3(C2)CN(C2(c4ccc(Oc5ccc(OC(F)(F)F)cc5)cc4)C(=O)NC(=O)NC2=O)C3)C1. The molecule has 4 aliphatic heterocycles. The van der Waals surface area contributed by atoms with Crippen LogP contribution in [0.25, 0.3) is 0 Å². The minimum atomic E-state index is -4.82. The highest BCUT2D eigenvalue weighted by Gasteiger charge is 2.63. The number of benzene rings is 2. The largest absolute Gasteiger partial charge is 0.573 e. The lowest BCUT2D eigenvalue weighted by molar-refractivity contribution is -0.274. The van der Waals surface area contributed by atoms with E-state index in [-0.39, 0.29) is 36.4 Å². The van der Waals surface area contributed by atoms with Gasteiger partial charge in [-0.15, -0.1) is 13.2 Å². The number of halogens is 3. The fourth-order valence-corrected chi connectivity index (χ4v) is 6.55. The third kappa shape index (κ3) is 6.91. The Kier molecular flexibility index (Phi) is 8.54. The first kappa shape index (κ1) is 33.5. The molecular weight excluding hydrogens is 639 g/mol. The second-order valence-corrected chi connectivity index (χ2v) is 13.5. The Balaban J connectivity index is 1.12. The number of carbonyl (C=O) groups is 4. The Morgan fingerprint density at radius 3 is 2.02 bits per heavy atom. The molecule has 0 saturated carbocycles. The second kappa shape index (κ2) is 12.2. The van der Waals surface area contributed by atoms with Crippen LogP contribution in [0.3, 0.4) is 0 Å². The van der Waals surface area contributed by atoms with Crippen molar-refractivity contribution in [3.8, 4) is 17.2 Å². The number of likely N-dealkylation sites (tertiary alicyclic amines) is 2. The van der Waals surface area contributed by atoms with Crippen molar-refractivity contribution in [1.82, 2.24) is 25.3 Å². The maximum absolute atomic E-state index is 13.5. The van der Waals surface area contributed by atoms with Crippen molar-refractivity contribution in [2.24, 2.45) is 5.92 Å². The molecule has 13 nitrogen and oxygen atoms in total. The van der Waals surface area contributed by atoms with E-state index in [4.69, 9.17) is 14.2 Å². The molecule has 6 rings (SSSR count). The van der Waals surface area contributed by atoms with E-state index >= 15 is 0 Å². The van der Waals surface area contributed by atoms with Crippen LogP contribution in [0, 0.1) is 5.92 Å². The molecule has 258 valence electrons. The van der Waals surface area contributed by atoms with Crippen LogP contribution in [-0.4, -0.2) is 109 Å². The molecule has 16 heteroatoms. The molecule has 2 aromatic carbocycles. The standard InChI is InChI=1S/C32H36F3N5O8/c1-29(2,3)48-28(44)39-15-20(16-39)14-38-12-13-45-30(17-38)18-40(19-30)31(25(41)36-27(43)37-26(31)42)21-4-6-22(7-5-21)46-23-8-10-24(11-9-23)47-32(33,34)35/h4-11,20H,12-19H2,1-3H3,(H2,36,37,41,42,43). The van der Waals surface area contributed by atoms with Crippen LogP contribution in [0.4, 0.5) is 22.8 Å². The predicted molar refractivity (Wildman–Crippen MR) is 161 cm³/mol. The van der Waals surface area contributed by atoms with Crippen LogP contribution < -0.4 is 20.1 Å². The zero-order valence-corrected chi connectivity index (χ0v) is 26.6. The van der Waals surface area contributed by atoms with Crippen molar-refractivity contribution in [3.05, 3.63) is 54.1 Å². The Labute approximate surface area is 274 Å². The van der Waals surface area contributed by atoms with Gasteiger partial charge < -0.3 is 23.8 Å². The molecule has 4 aliphatic rings. The van der Waals surface area contributed by atoms with Crippen molar-refractivity contribution in [1.29, 1.82) is 0 Å². The maximum Gasteiger partial charge on any atom is 0.573 e. The summed E-state index contributed by atoms with van der Waals surface area (Å²) in [6.45, 7) is 9.62. The van der Waals surface area contributed by atoms with Crippen molar-refractivity contribution < 1.29 is 51.3 Å². The minimum absolute atomic E-state index is 0.230. The normalized spacial score (nSPS) is 21.5. The van der Waals surface area contributed by atoms with Gasteiger partial charge in [0.1, 0.15) is 28.5 Å². The molecule has 2 N–H and O–H groups in total. The van der Waals surface area contributed by atoms with E-state index in [0.717, 1.165) is 18.7 Å². The molecular formula is C32H36F3N5O8. The quantitative estimate of drug-likeness (QED) is 0.421. The summed E-state index contributed by atoms with van der Waals surface area (Å²) in [5, 5.41) is 4.45. The first-order valence-corrected chi connectivity index (χ1v) is 15.4. The number of hydrogen-bond donors (Lipinski definition) is 2. The molecule has 0 atom stereocenters. The summed E-state index contributed by atoms with van der Waals surface area (Å²) < 4.78 is 58.7. The number of nitrogens with zero attached hydrogens (tertiary/aromatic N) is 3. The summed E-state index contributed by atoms with van der Waals surface area (Å²) in [6, 6.07) is 9.99. The van der Waals surface area contributed by atoms with E-state index < -0.39 is 46.7 Å². The third-order valence-corrected chi connectivity index (χ3v) is 8.56. The van der Waals surface area contributed by atoms with Crippen molar-refractivity contribution >= 4 is 23.9 Å². The highest BCUT2D eigenvalue weighted by molar-refractivity contribution is 6.22. The van der Waals surface area contributed by atoms with Gasteiger partial charge in [-0.3, -0.25) is 30.0 Å². The monoisotopic (exact) mass is 675 g/mol. The maximum atomic E-state index is 13.5. The van der Waals surface area contributed by atoms with Gasteiger partial charge in [0.25, 0.3) is 11.8 Å². The Morgan fingerprint density at radius 1 is 0.896 bits per heavy atom. The average Bonchev–Trinajstić information content (AvgIpc) is 2.94. The zero-order valence-electron chi connectivity index (χ0n) is 26.6. The summed E-state index contributed by atoms with van der Waals surface area (Å²) in [4.78, 5) is 57.1. The van der Waals surface area contributed by atoms with Crippen LogP contribution in [0.15, 0.2) is 48.5 Å². The van der Waals surface area contributed by atoms with Gasteiger partial charge in [-0.2, -0.15) is 0 Å². The number of alkyl halides is 3. The van der Waals surface area contributed by atoms with E-state index in [9.17, 15) is 32.3 Å². The molecule has 4 heterocycles. The van der Waals surface area contributed by atoms with Gasteiger partial charge in [-0.05, 0) is 62.7 Å². The molecule has 5 amide bonds. The van der Waals surface area contributed by atoms with Gasteiger partial charge in [0, 0.05) is 51.7 Å². The fourth-order valence-electron chi connectivity index (χ4n) is 6.55. The highest BCUT2D eigenvalue weighted by Crippen LogP contribution is 2.42. The number of morpholine rings is 1. The van der Waals surface area contributed by atoms with Crippen LogP contribution in [0.1, 0.15) is 26.3 Å². The van der Waals surface area contributed by atoms with Gasteiger partial charge in [0.05, 0.1) is 6.61 Å². The lowest BCUT2D eigenvalue weighted by Gasteiger charge is -2.59. The third-order valence-electron chi connectivity index (χ3n) is 8.56. The van der Waals surface area contributed by atoms with Crippen LogP contribution in [0.5, 0.6) is 17.2 Å². The number of carbonyl (C=O) groups excluding carboxylic acids is 4. The molecule has 0 unspecified atom stereocenters. The smallest absolute Gasteiger partial charge is 0.457 e. The molecule has 0 aromatic heterocycles. The summed E-state index contributed by atoms with van der Waals surface area (Å²) in [5.41, 5.74) is -2.80. The number of hydrogen-bond acceptors (Lipinski definition) is 10. The van der Waals surface area contributed by atoms with E-state index in [1.807, 2.05) is 20.8 Å². The number of barbiturate groups is 1. The van der Waals surface area contributed by atoms with E-state index in [1.54, 1.807) is 9.80 Å². The van der Waals surface area contributed by atoms with E-state index in [1.165, 1.54) is 36.4 Å². The molecule has 4 saturated heterocycles. The Hall–Kier alpha value is -4.41. The van der Waals surface area contributed by atoms with Crippen LogP contribution in [0.2, 0.25) is 0 Å². The van der Waals surface area contributed by atoms with Crippen LogP contribution in [-0.2, 0) is 24.6 Å². The first-order chi connectivity index (χ1) is 22.5. The molecule has 1 spiro atoms. The van der Waals surface area contributed by atoms with Gasteiger partial charge in [0.15, 0.2) is 0 Å². The summed E-state index contributed by atoms with van der Waals surface area (Å²) in [7, 11) is 0. The lowest BCUT2D eigenvalue weighted by Crippen LogP contribution is -2.80. The van der Waals surface area contributed by atoms with Crippen LogP contribution >= 0.6 is 0 Å². The van der Waals surface area contributed by atoms with Crippen molar-refractivity contribution in [3.63, 3.8) is 0 Å². The fraction of sp³-hybridized carbons (Fsp3) is 0.500. The molecule has 4 fully saturated rings. The van der Waals surface area contributed by atoms with Gasteiger partial charge >= 0.3 is 18.5 Å². The summed E-state index contributed by atoms with van der Waals surface area (Å²) in [5.74, 6) is -1.20. The average molecular weight is 676 g/mol. The number of nitrogens with one attached hydrogen (secondary N) is 2. The lowest BCUT2D eigenvalue weighted by atomic mass is 9.78. The molecule has 2 aromatic rings. The predicted octanol–water partition coefficient (Wildman–Crippen LogP) is 3.19. The van der Waals surface area contributed by atoms with Crippen molar-refractivity contribution in [2.75, 3.05) is 52.4 Å². The zero-order chi connectivity index (χ0) is 34.5. The van der Waals surface area contributed by atoms with Gasteiger partial charge in [-0.1, -0.05) is 12.1 Å². The molecule has 0 bridgehead atoms. The Bertz CT molecular complexity index is 1550. The van der Waals surface area contributed by atoms with E-state index in [2.05, 4.69) is 20.3 Å². The highest BCUT2D eigenvalue weighted by atomic mass is 19.4. The Morgan fingerprint density at radius 2 is 1.46 bits per heavy atom. The minimum Gasteiger partial charge on any atom is -0.457 e. The number of ether oxygens (including phenoxy) is 4. The second-order valence-electron chi connectivity index (χ2n) is 13.5. The van der Waals surface area contributed by atoms with Crippen molar-refractivity contribution in [2.45, 2.75) is 43.9 Å². The van der Waals surface area contributed by atoms with Gasteiger partial charge in [-0.25, -0.2) is 9.59 Å². The van der Waals surface area contributed by atoms with Gasteiger partial charge in [0.2, 0.25) is 5.54 Å². The number of rotatable bonds is 7. The summed E-state index contributed by atoms with van der Waals surface area (Å²) in [6.07, 6.45) is -5.15. The molecule has 0 aliphatic carbocycles.